The van der Waals surface area contributed by atoms with E-state index >= 15 is 0 Å². The quantitative estimate of drug-likeness (QED) is 0.695. The van der Waals surface area contributed by atoms with Gasteiger partial charge in [0.25, 0.3) is 5.91 Å². The fraction of sp³-hybridized carbons (Fsp3) is 0.312. The maximum Gasteiger partial charge on any atom is 0.437 e. The number of carbonyl (C=O) groups is 3. The second-order valence-electron chi connectivity index (χ2n) is 5.65. The van der Waals surface area contributed by atoms with Gasteiger partial charge < -0.3 is 14.5 Å². The zero-order valence-electron chi connectivity index (χ0n) is 13.6. The van der Waals surface area contributed by atoms with Crippen molar-refractivity contribution >= 4 is 17.9 Å². The van der Waals surface area contributed by atoms with Crippen LogP contribution in [0, 0.1) is 0 Å². The first-order valence-corrected chi connectivity index (χ1v) is 7.90. The van der Waals surface area contributed by atoms with Crippen molar-refractivity contribution in [1.82, 2.24) is 20.4 Å². The third-order valence-corrected chi connectivity index (χ3v) is 3.44. The molecule has 1 aromatic heterocycles. The van der Waals surface area contributed by atoms with E-state index in [0.717, 1.165) is 17.5 Å². The van der Waals surface area contributed by atoms with E-state index in [-0.39, 0.29) is 11.9 Å². The first-order valence-electron chi connectivity index (χ1n) is 7.90. The summed E-state index contributed by atoms with van der Waals surface area (Å²) in [6.07, 6.45) is 1.77. The summed E-state index contributed by atoms with van der Waals surface area (Å²) < 4.78 is 10.5. The number of benzene rings is 1. The fourth-order valence-corrected chi connectivity index (χ4v) is 2.03. The Morgan fingerprint density at radius 1 is 1.23 bits per heavy atom. The summed E-state index contributed by atoms with van der Waals surface area (Å²) in [5, 5.41) is 8.50. The minimum Gasteiger partial charge on any atom is -0.454 e. The molecule has 0 spiro atoms. The summed E-state index contributed by atoms with van der Waals surface area (Å²) in [5.41, 5.74) is 0.581. The Morgan fingerprint density at radius 2 is 1.96 bits per heavy atom. The summed E-state index contributed by atoms with van der Waals surface area (Å²) >= 11 is 0. The highest BCUT2D eigenvalue weighted by Crippen LogP contribution is 2.18. The van der Waals surface area contributed by atoms with Gasteiger partial charge in [-0.05, 0) is 25.0 Å². The van der Waals surface area contributed by atoms with Gasteiger partial charge in [0.1, 0.15) is 6.54 Å². The molecule has 0 bridgehead atoms. The molecule has 2 aromatic rings. The third kappa shape index (κ3) is 4.79. The van der Waals surface area contributed by atoms with E-state index in [9.17, 15) is 19.2 Å². The van der Waals surface area contributed by atoms with Crippen LogP contribution in [0.25, 0.3) is 11.5 Å². The SMILES string of the molecule is O=C(COC(=O)Cn1nc(-c2ccccc2)oc1=O)NC(=O)NC1CC1. The number of amides is 3. The van der Waals surface area contributed by atoms with E-state index in [2.05, 4.69) is 10.4 Å². The summed E-state index contributed by atoms with van der Waals surface area (Å²) in [6.45, 7) is -1.16. The molecule has 2 N–H and O–H groups in total. The number of carbonyl (C=O) groups excluding carboxylic acids is 3. The number of aromatic nitrogens is 2. The average molecular weight is 360 g/mol. The molecule has 1 aliphatic rings. The number of nitrogens with one attached hydrogen (secondary N) is 2. The maximum absolute atomic E-state index is 11.7. The number of rotatable bonds is 6. The fourth-order valence-electron chi connectivity index (χ4n) is 2.03. The molecule has 10 nitrogen and oxygen atoms in total. The number of hydrogen-bond donors (Lipinski definition) is 2. The van der Waals surface area contributed by atoms with E-state index in [4.69, 9.17) is 9.15 Å². The van der Waals surface area contributed by atoms with Crippen LogP contribution >= 0.6 is 0 Å². The molecule has 1 fully saturated rings. The van der Waals surface area contributed by atoms with Crippen molar-refractivity contribution in [2.24, 2.45) is 0 Å². The van der Waals surface area contributed by atoms with E-state index in [0.29, 0.717) is 5.56 Å². The lowest BCUT2D eigenvalue weighted by Gasteiger charge is -2.06. The Hall–Kier alpha value is -3.43. The van der Waals surface area contributed by atoms with Crippen molar-refractivity contribution in [2.45, 2.75) is 25.4 Å². The summed E-state index contributed by atoms with van der Waals surface area (Å²) in [7, 11) is 0. The van der Waals surface area contributed by atoms with Crippen LogP contribution in [0.2, 0.25) is 0 Å². The van der Waals surface area contributed by atoms with Crippen LogP contribution in [-0.2, 0) is 20.9 Å². The smallest absolute Gasteiger partial charge is 0.437 e. The Morgan fingerprint density at radius 3 is 2.65 bits per heavy atom. The summed E-state index contributed by atoms with van der Waals surface area (Å²) in [4.78, 5) is 46.4. The molecule has 3 amide bonds. The Bertz CT molecular complexity index is 868. The van der Waals surface area contributed by atoms with Crippen LogP contribution in [0.4, 0.5) is 4.79 Å². The van der Waals surface area contributed by atoms with Gasteiger partial charge >= 0.3 is 17.8 Å². The zero-order valence-corrected chi connectivity index (χ0v) is 13.6. The predicted molar refractivity (Wildman–Crippen MR) is 86.9 cm³/mol. The highest BCUT2D eigenvalue weighted by molar-refractivity contribution is 5.95. The number of imide groups is 1. The molecule has 1 saturated carbocycles. The third-order valence-electron chi connectivity index (χ3n) is 3.44. The molecule has 0 aliphatic heterocycles. The molecule has 0 unspecified atom stereocenters. The topological polar surface area (TPSA) is 133 Å². The van der Waals surface area contributed by atoms with Crippen LogP contribution in [0.15, 0.2) is 39.5 Å². The number of urea groups is 1. The minimum absolute atomic E-state index is 0.0675. The lowest BCUT2D eigenvalue weighted by atomic mass is 10.2. The van der Waals surface area contributed by atoms with Crippen molar-refractivity contribution in [2.75, 3.05) is 6.61 Å². The van der Waals surface area contributed by atoms with Gasteiger partial charge in [-0.3, -0.25) is 14.9 Å². The maximum atomic E-state index is 11.7. The van der Waals surface area contributed by atoms with Crippen LogP contribution in [0.5, 0.6) is 0 Å². The molecule has 0 atom stereocenters. The van der Waals surface area contributed by atoms with E-state index in [1.807, 2.05) is 5.32 Å². The number of esters is 1. The molecule has 1 aliphatic carbocycles. The van der Waals surface area contributed by atoms with Crippen LogP contribution in [-0.4, -0.2) is 40.3 Å². The highest BCUT2D eigenvalue weighted by Gasteiger charge is 2.24. The lowest BCUT2D eigenvalue weighted by Crippen LogP contribution is -2.42. The molecule has 0 radical (unpaired) electrons. The van der Waals surface area contributed by atoms with Gasteiger partial charge in [-0.25, -0.2) is 9.59 Å². The molecule has 10 heteroatoms. The van der Waals surface area contributed by atoms with E-state index < -0.39 is 36.8 Å². The van der Waals surface area contributed by atoms with Crippen LogP contribution in [0.1, 0.15) is 12.8 Å². The molecular formula is C16H16N4O6. The normalized spacial score (nSPS) is 13.1. The second kappa shape index (κ2) is 7.64. The van der Waals surface area contributed by atoms with Crippen molar-refractivity contribution in [1.29, 1.82) is 0 Å². The Balaban J connectivity index is 1.48. The molecule has 26 heavy (non-hydrogen) atoms. The Labute approximate surface area is 147 Å². The monoisotopic (exact) mass is 360 g/mol. The molecule has 1 aromatic carbocycles. The van der Waals surface area contributed by atoms with Gasteiger partial charge in [-0.2, -0.15) is 4.68 Å². The minimum atomic E-state index is -0.863. The van der Waals surface area contributed by atoms with E-state index in [1.165, 1.54) is 0 Å². The van der Waals surface area contributed by atoms with Gasteiger partial charge in [-0.1, -0.05) is 18.2 Å². The molecule has 136 valence electrons. The average Bonchev–Trinajstić information content (AvgIpc) is 3.35. The molecule has 0 saturated heterocycles. The van der Waals surface area contributed by atoms with Crippen LogP contribution < -0.4 is 16.4 Å². The Kier molecular flexibility index (Phi) is 5.11. The van der Waals surface area contributed by atoms with Crippen molar-refractivity contribution < 1.29 is 23.5 Å². The number of hydrogen-bond acceptors (Lipinski definition) is 7. The first-order chi connectivity index (χ1) is 12.5. The summed E-state index contributed by atoms with van der Waals surface area (Å²) in [6, 6.07) is 8.17. The predicted octanol–water partition coefficient (Wildman–Crippen LogP) is 0.0347. The van der Waals surface area contributed by atoms with Gasteiger partial charge in [0, 0.05) is 11.6 Å². The molecule has 3 rings (SSSR count). The largest absolute Gasteiger partial charge is 0.454 e. The zero-order chi connectivity index (χ0) is 18.5. The van der Waals surface area contributed by atoms with Crippen molar-refractivity contribution in [3.63, 3.8) is 0 Å². The van der Waals surface area contributed by atoms with Gasteiger partial charge in [0.05, 0.1) is 0 Å². The molecule has 1 heterocycles. The standard InChI is InChI=1S/C16H16N4O6/c21-12(18-15(23)17-11-6-7-11)9-25-13(22)8-20-16(24)26-14(19-20)10-4-2-1-3-5-10/h1-5,11H,6-9H2,(H2,17,18,21,23). The number of ether oxygens (including phenoxy) is 1. The first kappa shape index (κ1) is 17.4. The summed E-state index contributed by atoms with van der Waals surface area (Å²) in [5.74, 6) is -2.39. The second-order valence-corrected chi connectivity index (χ2v) is 5.65. The molecular weight excluding hydrogens is 344 g/mol. The van der Waals surface area contributed by atoms with E-state index in [1.54, 1.807) is 30.3 Å². The van der Waals surface area contributed by atoms with Crippen molar-refractivity contribution in [3.05, 3.63) is 40.9 Å². The van der Waals surface area contributed by atoms with Gasteiger partial charge in [-0.15, -0.1) is 5.10 Å². The number of nitrogens with zero attached hydrogens (tertiary/aromatic N) is 2. The lowest BCUT2D eigenvalue weighted by molar-refractivity contribution is -0.149. The van der Waals surface area contributed by atoms with Crippen molar-refractivity contribution in [3.8, 4) is 11.5 Å². The van der Waals surface area contributed by atoms with Gasteiger partial charge in [0.15, 0.2) is 6.61 Å². The van der Waals surface area contributed by atoms with Gasteiger partial charge in [0.2, 0.25) is 5.89 Å². The highest BCUT2D eigenvalue weighted by atomic mass is 16.5. The van der Waals surface area contributed by atoms with Crippen LogP contribution in [0.3, 0.4) is 0 Å².